The molecule has 2 atom stereocenters. The second-order valence-electron chi connectivity index (χ2n) is 7.06. The number of halogens is 1. The summed E-state index contributed by atoms with van der Waals surface area (Å²) in [5.41, 5.74) is 4.68. The number of aliphatic imine (C=N–C) groups is 2. The number of esters is 1. The molecule has 2 aromatic rings. The highest BCUT2D eigenvalue weighted by Gasteiger charge is 2.35. The first-order chi connectivity index (χ1) is 14.6. The summed E-state index contributed by atoms with van der Waals surface area (Å²) >= 11 is 6.55. The molecule has 0 amide bonds. The Balaban J connectivity index is 1.61. The number of fused-ring (bicyclic) bond motifs is 1. The van der Waals surface area contributed by atoms with Crippen molar-refractivity contribution in [2.45, 2.75) is 19.9 Å². The Hall–Kier alpha value is -3.18. The van der Waals surface area contributed by atoms with Crippen LogP contribution < -0.4 is 5.32 Å². The number of carbonyl (C=O) groups excluding carboxylic acids is 1. The average Bonchev–Trinajstić information content (AvgIpc) is 2.76. The van der Waals surface area contributed by atoms with Gasteiger partial charge in [0, 0.05) is 29.1 Å². The van der Waals surface area contributed by atoms with Crippen molar-refractivity contribution >= 4 is 35.3 Å². The maximum atomic E-state index is 12.1. The molecular formula is C24H22ClN3O2. The molecule has 0 spiro atoms. The summed E-state index contributed by atoms with van der Waals surface area (Å²) in [6.07, 6.45) is 5.05. The highest BCUT2D eigenvalue weighted by atomic mass is 35.5. The van der Waals surface area contributed by atoms with Crippen LogP contribution in [0.2, 0.25) is 0 Å². The Labute approximate surface area is 180 Å². The number of nitrogens with zero attached hydrogens (tertiary/aromatic N) is 2. The Morgan fingerprint density at radius 2 is 1.97 bits per heavy atom. The molecule has 30 heavy (non-hydrogen) atoms. The number of dihydropyridines is 1. The molecule has 0 aromatic heterocycles. The minimum Gasteiger partial charge on any atom is -0.462 e. The summed E-state index contributed by atoms with van der Waals surface area (Å²) in [4.78, 5) is 21.2. The predicted octanol–water partition coefficient (Wildman–Crippen LogP) is 5.12. The number of ether oxygens (including phenoxy) is 1. The van der Waals surface area contributed by atoms with Crippen LogP contribution in [-0.4, -0.2) is 30.7 Å². The smallest absolute Gasteiger partial charge is 0.340 e. The van der Waals surface area contributed by atoms with Gasteiger partial charge in [-0.1, -0.05) is 60.1 Å². The van der Waals surface area contributed by atoms with Gasteiger partial charge in [-0.2, -0.15) is 0 Å². The molecule has 152 valence electrons. The molecule has 2 aromatic carbocycles. The summed E-state index contributed by atoms with van der Waals surface area (Å²) in [6.45, 7) is 4.13. The van der Waals surface area contributed by atoms with Gasteiger partial charge in [-0.25, -0.2) is 9.79 Å². The summed E-state index contributed by atoms with van der Waals surface area (Å²) in [6, 6.07) is 16.1. The molecule has 2 aliphatic heterocycles. The van der Waals surface area contributed by atoms with Gasteiger partial charge in [0.2, 0.25) is 0 Å². The monoisotopic (exact) mass is 419 g/mol. The fraction of sp³-hybridized carbons (Fsp3) is 0.208. The first-order valence-electron chi connectivity index (χ1n) is 9.86. The number of carbonyl (C=O) groups is 1. The Morgan fingerprint density at radius 1 is 1.17 bits per heavy atom. The summed E-state index contributed by atoms with van der Waals surface area (Å²) in [5, 5.41) is 3.86. The summed E-state index contributed by atoms with van der Waals surface area (Å²) in [7, 11) is 0. The van der Waals surface area contributed by atoms with Gasteiger partial charge in [0.05, 0.1) is 12.2 Å². The fourth-order valence-electron chi connectivity index (χ4n) is 3.65. The van der Waals surface area contributed by atoms with Crippen LogP contribution in [0, 0.1) is 12.8 Å². The third-order valence-corrected chi connectivity index (χ3v) is 5.67. The van der Waals surface area contributed by atoms with Crippen molar-refractivity contribution < 1.29 is 9.53 Å². The van der Waals surface area contributed by atoms with E-state index >= 15 is 0 Å². The van der Waals surface area contributed by atoms with Gasteiger partial charge >= 0.3 is 5.97 Å². The van der Waals surface area contributed by atoms with Crippen LogP contribution in [0.4, 0.5) is 5.69 Å². The number of amidine groups is 1. The van der Waals surface area contributed by atoms with Crippen LogP contribution in [0.15, 0.2) is 81.4 Å². The Bertz CT molecular complexity index is 1090. The van der Waals surface area contributed by atoms with Gasteiger partial charge < -0.3 is 10.1 Å². The topological polar surface area (TPSA) is 63.0 Å². The number of hydrogen-bond donors (Lipinski definition) is 1. The Morgan fingerprint density at radius 3 is 2.73 bits per heavy atom. The van der Waals surface area contributed by atoms with E-state index in [0.29, 0.717) is 16.4 Å². The highest BCUT2D eigenvalue weighted by molar-refractivity contribution is 6.36. The first-order valence-corrected chi connectivity index (χ1v) is 10.2. The number of nitrogens with one attached hydrogen (secondary N) is 1. The van der Waals surface area contributed by atoms with Gasteiger partial charge in [0.25, 0.3) is 0 Å². The number of benzene rings is 2. The zero-order valence-electron chi connectivity index (χ0n) is 16.8. The fourth-order valence-corrected chi connectivity index (χ4v) is 3.97. The lowest BCUT2D eigenvalue weighted by Gasteiger charge is -2.29. The lowest BCUT2D eigenvalue weighted by atomic mass is 9.91. The van der Waals surface area contributed by atoms with Crippen molar-refractivity contribution in [3.8, 4) is 11.1 Å². The van der Waals surface area contributed by atoms with Crippen LogP contribution in [0.25, 0.3) is 11.1 Å². The van der Waals surface area contributed by atoms with E-state index in [1.165, 1.54) is 6.21 Å². The SMILES string of the molecule is CCOC(=O)C1=C(Cl)C2C=CN=C(Nc3cccc(-c4ccccc4)c3C)C2N=C1. The maximum Gasteiger partial charge on any atom is 0.340 e. The molecule has 0 radical (unpaired) electrons. The number of hydrogen-bond acceptors (Lipinski definition) is 5. The average molecular weight is 420 g/mol. The third-order valence-electron chi connectivity index (χ3n) is 5.22. The van der Waals surface area contributed by atoms with Gasteiger partial charge in [0.1, 0.15) is 11.9 Å². The summed E-state index contributed by atoms with van der Waals surface area (Å²) < 4.78 is 5.08. The van der Waals surface area contributed by atoms with Crippen molar-refractivity contribution in [1.29, 1.82) is 0 Å². The van der Waals surface area contributed by atoms with Crippen LogP contribution in [0.1, 0.15) is 12.5 Å². The maximum absolute atomic E-state index is 12.1. The zero-order chi connectivity index (χ0) is 21.1. The largest absolute Gasteiger partial charge is 0.462 e. The van der Waals surface area contributed by atoms with E-state index in [4.69, 9.17) is 16.3 Å². The van der Waals surface area contributed by atoms with Crippen LogP contribution in [-0.2, 0) is 9.53 Å². The molecule has 2 heterocycles. The lowest BCUT2D eigenvalue weighted by Crippen LogP contribution is -2.37. The summed E-state index contributed by atoms with van der Waals surface area (Å²) in [5.74, 6) is -0.0247. The second kappa shape index (κ2) is 8.67. The lowest BCUT2D eigenvalue weighted by molar-refractivity contribution is -0.137. The standard InChI is InChI=1S/C24H22ClN3O2/c1-3-30-24(29)19-14-27-22-18(21(19)25)12-13-26-23(22)28-20-11-7-10-17(15(20)2)16-8-5-4-6-9-16/h4-14,18,22H,3H2,1-2H3,(H,26,28). The van der Waals surface area contributed by atoms with Gasteiger partial charge in [-0.3, -0.25) is 4.99 Å². The normalized spacial score (nSPS) is 19.9. The second-order valence-corrected chi connectivity index (χ2v) is 7.46. The molecule has 0 saturated carbocycles. The molecule has 6 heteroatoms. The molecular weight excluding hydrogens is 398 g/mol. The van der Waals surface area contributed by atoms with Crippen molar-refractivity contribution in [2.75, 3.05) is 11.9 Å². The van der Waals surface area contributed by atoms with Gasteiger partial charge in [0.15, 0.2) is 0 Å². The van der Waals surface area contributed by atoms with E-state index in [-0.39, 0.29) is 18.6 Å². The van der Waals surface area contributed by atoms with Crippen molar-refractivity contribution in [2.24, 2.45) is 15.9 Å². The van der Waals surface area contributed by atoms with E-state index in [1.54, 1.807) is 13.1 Å². The van der Waals surface area contributed by atoms with Gasteiger partial charge in [-0.15, -0.1) is 0 Å². The van der Waals surface area contributed by atoms with Crippen LogP contribution >= 0.6 is 11.6 Å². The molecule has 0 bridgehead atoms. The van der Waals surface area contributed by atoms with Crippen molar-refractivity contribution in [3.63, 3.8) is 0 Å². The predicted molar refractivity (Wildman–Crippen MR) is 122 cm³/mol. The zero-order valence-corrected chi connectivity index (χ0v) is 17.6. The number of rotatable bonds is 4. The first kappa shape index (κ1) is 20.1. The van der Waals surface area contributed by atoms with Crippen LogP contribution in [0.5, 0.6) is 0 Å². The molecule has 1 N–H and O–H groups in total. The quantitative estimate of drug-likeness (QED) is 0.699. The molecule has 2 aliphatic rings. The molecule has 4 rings (SSSR count). The van der Waals surface area contributed by atoms with E-state index in [2.05, 4.69) is 40.4 Å². The van der Waals surface area contributed by atoms with E-state index in [9.17, 15) is 4.79 Å². The minimum absolute atomic E-state index is 0.256. The third kappa shape index (κ3) is 3.81. The molecule has 0 aliphatic carbocycles. The Kier molecular flexibility index (Phi) is 5.81. The van der Waals surface area contributed by atoms with E-state index in [1.807, 2.05) is 36.4 Å². The van der Waals surface area contributed by atoms with E-state index < -0.39 is 5.97 Å². The minimum atomic E-state index is -0.457. The van der Waals surface area contributed by atoms with Crippen molar-refractivity contribution in [1.82, 2.24) is 0 Å². The number of anilines is 1. The highest BCUT2D eigenvalue weighted by Crippen LogP contribution is 2.34. The molecule has 2 unspecified atom stereocenters. The molecule has 5 nitrogen and oxygen atoms in total. The van der Waals surface area contributed by atoms with Gasteiger partial charge in [-0.05, 0) is 36.6 Å². The van der Waals surface area contributed by atoms with Crippen molar-refractivity contribution in [3.05, 3.63) is 77.0 Å². The van der Waals surface area contributed by atoms with E-state index in [0.717, 1.165) is 22.4 Å². The molecule has 0 saturated heterocycles. The van der Waals surface area contributed by atoms with Crippen LogP contribution in [0.3, 0.4) is 0 Å². The molecule has 0 fully saturated rings.